The average molecular weight is 348 g/mol. The van der Waals surface area contributed by atoms with Gasteiger partial charge in [-0.25, -0.2) is 13.1 Å². The number of hydrogen-bond donors (Lipinski definition) is 2. The monoisotopic (exact) mass is 347 g/mol. The Bertz CT molecular complexity index is 554. The summed E-state index contributed by atoms with van der Waals surface area (Å²) in [7, 11) is -3.52. The van der Waals surface area contributed by atoms with E-state index in [4.69, 9.17) is 0 Å². The Labute approximate surface area is 122 Å². The molecular formula is C13H18BrNO3S. The number of hydrogen-bond acceptors (Lipinski definition) is 3. The van der Waals surface area contributed by atoms with Crippen LogP contribution in [0, 0.1) is 5.41 Å². The standard InChI is InChI=1S/C13H18BrNO3S/c1-13(2)11(7-12(13)16)15-19(17,18)10-5-3-9(8-14)4-6-10/h3-6,11-12,15-16H,7-8H2,1-2H3. The molecule has 106 valence electrons. The zero-order chi connectivity index (χ0) is 14.3. The molecule has 1 aromatic rings. The molecule has 0 heterocycles. The van der Waals surface area contributed by atoms with Crippen LogP contribution in [0.25, 0.3) is 0 Å². The van der Waals surface area contributed by atoms with Crippen LogP contribution in [0.5, 0.6) is 0 Å². The van der Waals surface area contributed by atoms with Crippen LogP contribution in [0.2, 0.25) is 0 Å². The zero-order valence-corrected chi connectivity index (χ0v) is 13.3. The fourth-order valence-electron chi connectivity index (χ4n) is 2.12. The third-order valence-corrected chi connectivity index (χ3v) is 6.04. The van der Waals surface area contributed by atoms with E-state index < -0.39 is 21.5 Å². The van der Waals surface area contributed by atoms with Gasteiger partial charge >= 0.3 is 0 Å². The summed E-state index contributed by atoms with van der Waals surface area (Å²) in [6, 6.07) is 6.54. The van der Waals surface area contributed by atoms with Gasteiger partial charge in [-0.3, -0.25) is 0 Å². The number of sulfonamides is 1. The number of halogens is 1. The van der Waals surface area contributed by atoms with Crippen molar-refractivity contribution in [2.75, 3.05) is 0 Å². The molecule has 6 heteroatoms. The molecule has 1 aliphatic rings. The van der Waals surface area contributed by atoms with Crippen LogP contribution in [0.3, 0.4) is 0 Å². The lowest BCUT2D eigenvalue weighted by Gasteiger charge is -2.49. The van der Waals surface area contributed by atoms with Crippen molar-refractivity contribution in [1.82, 2.24) is 4.72 Å². The van der Waals surface area contributed by atoms with Gasteiger partial charge < -0.3 is 5.11 Å². The highest BCUT2D eigenvalue weighted by molar-refractivity contribution is 9.08. The van der Waals surface area contributed by atoms with E-state index in [1.165, 1.54) is 0 Å². The van der Waals surface area contributed by atoms with Crippen molar-refractivity contribution in [1.29, 1.82) is 0 Å². The molecule has 0 spiro atoms. The van der Waals surface area contributed by atoms with Gasteiger partial charge in [0.05, 0.1) is 11.0 Å². The number of nitrogens with one attached hydrogen (secondary N) is 1. The highest BCUT2D eigenvalue weighted by Gasteiger charge is 2.48. The molecule has 2 atom stereocenters. The van der Waals surface area contributed by atoms with Crippen LogP contribution in [-0.4, -0.2) is 25.7 Å². The number of benzene rings is 1. The van der Waals surface area contributed by atoms with Crippen molar-refractivity contribution in [3.8, 4) is 0 Å². The number of aliphatic hydroxyl groups excluding tert-OH is 1. The predicted molar refractivity (Wildman–Crippen MR) is 77.6 cm³/mol. The summed E-state index contributed by atoms with van der Waals surface area (Å²) in [6.45, 7) is 3.73. The maximum atomic E-state index is 12.2. The van der Waals surface area contributed by atoms with Gasteiger partial charge in [-0.1, -0.05) is 41.9 Å². The van der Waals surface area contributed by atoms with Crippen molar-refractivity contribution in [3.05, 3.63) is 29.8 Å². The van der Waals surface area contributed by atoms with Crippen LogP contribution < -0.4 is 4.72 Å². The van der Waals surface area contributed by atoms with Crippen molar-refractivity contribution < 1.29 is 13.5 Å². The van der Waals surface area contributed by atoms with Crippen LogP contribution in [0.15, 0.2) is 29.2 Å². The first kappa shape index (κ1) is 15.0. The quantitative estimate of drug-likeness (QED) is 0.818. The molecule has 2 N–H and O–H groups in total. The molecule has 0 radical (unpaired) electrons. The maximum Gasteiger partial charge on any atom is 0.240 e. The first-order valence-electron chi connectivity index (χ1n) is 6.12. The van der Waals surface area contributed by atoms with Gasteiger partial charge in [0.1, 0.15) is 0 Å². The predicted octanol–water partition coefficient (Wildman–Crippen LogP) is 2.02. The van der Waals surface area contributed by atoms with E-state index in [-0.39, 0.29) is 10.9 Å². The first-order chi connectivity index (χ1) is 8.77. The Kier molecular flexibility index (Phi) is 4.07. The normalized spacial score (nSPS) is 25.9. The van der Waals surface area contributed by atoms with Gasteiger partial charge in [0, 0.05) is 16.8 Å². The SMILES string of the molecule is CC1(C)C(O)CC1NS(=O)(=O)c1ccc(CBr)cc1. The minimum atomic E-state index is -3.52. The van der Waals surface area contributed by atoms with E-state index in [1.54, 1.807) is 24.3 Å². The summed E-state index contributed by atoms with van der Waals surface area (Å²) in [5.74, 6) is 0. The molecule has 0 saturated heterocycles. The fourth-order valence-corrected chi connectivity index (χ4v) is 3.89. The molecule has 4 nitrogen and oxygen atoms in total. The van der Waals surface area contributed by atoms with Crippen LogP contribution >= 0.6 is 15.9 Å². The van der Waals surface area contributed by atoms with Gasteiger partial charge in [-0.15, -0.1) is 0 Å². The van der Waals surface area contributed by atoms with Crippen molar-refractivity contribution in [3.63, 3.8) is 0 Å². The fraction of sp³-hybridized carbons (Fsp3) is 0.538. The van der Waals surface area contributed by atoms with Gasteiger partial charge in [-0.05, 0) is 24.1 Å². The lowest BCUT2D eigenvalue weighted by atomic mass is 9.65. The molecule has 1 aromatic carbocycles. The molecule has 1 aliphatic carbocycles. The second-order valence-corrected chi connectivity index (χ2v) is 7.80. The second-order valence-electron chi connectivity index (χ2n) is 5.52. The Morgan fingerprint density at radius 1 is 1.37 bits per heavy atom. The topological polar surface area (TPSA) is 66.4 Å². The van der Waals surface area contributed by atoms with Crippen LogP contribution in [-0.2, 0) is 15.4 Å². The van der Waals surface area contributed by atoms with E-state index in [0.717, 1.165) is 5.56 Å². The molecule has 1 saturated carbocycles. The van der Waals surface area contributed by atoms with Crippen molar-refractivity contribution >= 4 is 26.0 Å². The van der Waals surface area contributed by atoms with E-state index in [9.17, 15) is 13.5 Å². The third-order valence-electron chi connectivity index (χ3n) is 3.90. The minimum absolute atomic E-state index is 0.219. The van der Waals surface area contributed by atoms with E-state index in [0.29, 0.717) is 11.8 Å². The largest absolute Gasteiger partial charge is 0.392 e. The summed E-state index contributed by atoms with van der Waals surface area (Å²) < 4.78 is 27.1. The van der Waals surface area contributed by atoms with Crippen molar-refractivity contribution in [2.45, 2.75) is 42.6 Å². The first-order valence-corrected chi connectivity index (χ1v) is 8.73. The highest BCUT2D eigenvalue weighted by atomic mass is 79.9. The minimum Gasteiger partial charge on any atom is -0.392 e. The van der Waals surface area contributed by atoms with Gasteiger partial charge in [0.25, 0.3) is 0 Å². The molecule has 0 amide bonds. The Morgan fingerprint density at radius 3 is 2.37 bits per heavy atom. The Balaban J connectivity index is 2.14. The highest BCUT2D eigenvalue weighted by Crippen LogP contribution is 2.41. The molecule has 0 bridgehead atoms. The lowest BCUT2D eigenvalue weighted by molar-refractivity contribution is -0.0645. The smallest absolute Gasteiger partial charge is 0.240 e. The Morgan fingerprint density at radius 2 is 1.95 bits per heavy atom. The molecular weight excluding hydrogens is 330 g/mol. The molecule has 0 aliphatic heterocycles. The summed E-state index contributed by atoms with van der Waals surface area (Å²) in [6.07, 6.45) is 0.0158. The summed E-state index contributed by atoms with van der Waals surface area (Å²) >= 11 is 3.32. The second kappa shape index (κ2) is 5.16. The van der Waals surface area contributed by atoms with E-state index in [2.05, 4.69) is 20.7 Å². The average Bonchev–Trinajstić information content (AvgIpc) is 2.38. The van der Waals surface area contributed by atoms with Gasteiger partial charge in [-0.2, -0.15) is 0 Å². The van der Waals surface area contributed by atoms with E-state index in [1.807, 2.05) is 13.8 Å². The van der Waals surface area contributed by atoms with Gasteiger partial charge in [0.2, 0.25) is 10.0 Å². The van der Waals surface area contributed by atoms with Crippen molar-refractivity contribution in [2.24, 2.45) is 5.41 Å². The summed E-state index contributed by atoms with van der Waals surface area (Å²) in [5, 5.41) is 10.3. The summed E-state index contributed by atoms with van der Waals surface area (Å²) in [4.78, 5) is 0.259. The molecule has 2 unspecified atom stereocenters. The third kappa shape index (κ3) is 2.86. The van der Waals surface area contributed by atoms with Crippen LogP contribution in [0.4, 0.5) is 0 Å². The molecule has 1 fully saturated rings. The van der Waals surface area contributed by atoms with E-state index >= 15 is 0 Å². The molecule has 19 heavy (non-hydrogen) atoms. The zero-order valence-electron chi connectivity index (χ0n) is 10.9. The molecule has 2 rings (SSSR count). The Hall–Kier alpha value is -0.430. The van der Waals surface area contributed by atoms with Crippen LogP contribution in [0.1, 0.15) is 25.8 Å². The van der Waals surface area contributed by atoms with Gasteiger partial charge in [0.15, 0.2) is 0 Å². The summed E-state index contributed by atoms with van der Waals surface area (Å²) in [5.41, 5.74) is 0.612. The number of aliphatic hydroxyl groups is 1. The number of alkyl halides is 1. The maximum absolute atomic E-state index is 12.2. The number of rotatable bonds is 4. The lowest BCUT2D eigenvalue weighted by Crippen LogP contribution is -2.61. The molecule has 0 aromatic heterocycles.